The predicted molar refractivity (Wildman–Crippen MR) is 112 cm³/mol. The number of nitrogens with one attached hydrogen (secondary N) is 1. The van der Waals surface area contributed by atoms with Crippen molar-refractivity contribution in [3.8, 4) is 11.5 Å². The number of carboxylic acids is 1. The molecule has 0 bridgehead atoms. The molecule has 0 aliphatic carbocycles. The maximum atomic E-state index is 12.2. The van der Waals surface area contributed by atoms with Crippen LogP contribution < -0.4 is 10.1 Å². The van der Waals surface area contributed by atoms with Crippen molar-refractivity contribution >= 4 is 41.2 Å². The van der Waals surface area contributed by atoms with E-state index >= 15 is 0 Å². The van der Waals surface area contributed by atoms with Crippen LogP contribution in [0.4, 0.5) is 0 Å². The average molecular weight is 428 g/mol. The van der Waals surface area contributed by atoms with Crippen molar-refractivity contribution in [2.45, 2.75) is 0 Å². The number of amides is 1. The molecule has 7 heteroatoms. The molecule has 0 fully saturated rings. The number of hydrogen-bond acceptors (Lipinski definition) is 3. The van der Waals surface area contributed by atoms with E-state index in [4.69, 9.17) is 27.9 Å². The number of benzene rings is 3. The Kier molecular flexibility index (Phi) is 6.54. The first-order valence-corrected chi connectivity index (χ1v) is 9.23. The molecule has 0 saturated carbocycles. The summed E-state index contributed by atoms with van der Waals surface area (Å²) in [4.78, 5) is 23.7. The van der Waals surface area contributed by atoms with Crippen molar-refractivity contribution in [1.82, 2.24) is 5.32 Å². The number of ether oxygens (including phenoxy) is 1. The Morgan fingerprint density at radius 3 is 2.24 bits per heavy atom. The van der Waals surface area contributed by atoms with Gasteiger partial charge in [-0.1, -0.05) is 59.6 Å². The lowest BCUT2D eigenvalue weighted by molar-refractivity contribution is -0.132. The number of hydrogen-bond donors (Lipinski definition) is 2. The Bertz CT molecular complexity index is 1060. The molecule has 3 aromatic carbocycles. The van der Waals surface area contributed by atoms with Crippen LogP contribution in [-0.2, 0) is 4.79 Å². The highest BCUT2D eigenvalue weighted by Gasteiger charge is 2.13. The van der Waals surface area contributed by atoms with Gasteiger partial charge < -0.3 is 15.2 Å². The first kappa shape index (κ1) is 20.5. The second kappa shape index (κ2) is 9.28. The number of rotatable bonds is 6. The van der Waals surface area contributed by atoms with Gasteiger partial charge in [0.15, 0.2) is 0 Å². The summed E-state index contributed by atoms with van der Waals surface area (Å²) < 4.78 is 5.70. The Morgan fingerprint density at radius 2 is 1.59 bits per heavy atom. The number of carbonyl (C=O) groups is 2. The van der Waals surface area contributed by atoms with Gasteiger partial charge in [0.1, 0.15) is 22.2 Å². The number of aliphatic carboxylic acids is 1. The molecule has 0 atom stereocenters. The van der Waals surface area contributed by atoms with E-state index in [-0.39, 0.29) is 5.70 Å². The summed E-state index contributed by atoms with van der Waals surface area (Å²) in [5, 5.41) is 12.5. The fraction of sp³-hybridized carbons (Fsp3) is 0. The van der Waals surface area contributed by atoms with Crippen molar-refractivity contribution < 1.29 is 19.4 Å². The second-order valence-electron chi connectivity index (χ2n) is 5.91. The second-order valence-corrected chi connectivity index (χ2v) is 6.69. The summed E-state index contributed by atoms with van der Waals surface area (Å²) in [5.74, 6) is -0.851. The lowest BCUT2D eigenvalue weighted by Crippen LogP contribution is -2.27. The van der Waals surface area contributed by atoms with Crippen LogP contribution >= 0.6 is 23.2 Å². The van der Waals surface area contributed by atoms with Crippen molar-refractivity contribution in [2.75, 3.05) is 0 Å². The van der Waals surface area contributed by atoms with Crippen molar-refractivity contribution in [1.29, 1.82) is 0 Å². The molecule has 3 aromatic rings. The minimum Gasteiger partial charge on any atom is -0.477 e. The SMILES string of the molecule is O=C(O)/C(=C\c1ccc(Oc2cccc(Cl)c2Cl)cc1)NC(=O)c1ccccc1. The van der Waals surface area contributed by atoms with Crippen molar-refractivity contribution in [3.63, 3.8) is 0 Å². The molecule has 5 nitrogen and oxygen atoms in total. The zero-order valence-electron chi connectivity index (χ0n) is 14.9. The van der Waals surface area contributed by atoms with E-state index in [1.54, 1.807) is 72.8 Å². The van der Waals surface area contributed by atoms with Gasteiger partial charge in [-0.3, -0.25) is 4.79 Å². The highest BCUT2D eigenvalue weighted by molar-refractivity contribution is 6.42. The molecule has 0 aliphatic rings. The third-order valence-corrected chi connectivity index (χ3v) is 4.65. The Hall–Kier alpha value is -3.28. The van der Waals surface area contributed by atoms with E-state index < -0.39 is 11.9 Å². The summed E-state index contributed by atoms with van der Waals surface area (Å²) in [6, 6.07) is 20.0. The van der Waals surface area contributed by atoms with Gasteiger partial charge in [0.05, 0.1) is 5.02 Å². The minimum atomic E-state index is -1.25. The Balaban J connectivity index is 1.76. The fourth-order valence-electron chi connectivity index (χ4n) is 2.42. The summed E-state index contributed by atoms with van der Waals surface area (Å²) in [6.07, 6.45) is 1.36. The largest absolute Gasteiger partial charge is 0.477 e. The third-order valence-electron chi connectivity index (χ3n) is 3.85. The van der Waals surface area contributed by atoms with Gasteiger partial charge in [-0.2, -0.15) is 0 Å². The van der Waals surface area contributed by atoms with E-state index in [1.165, 1.54) is 6.08 Å². The number of carboxylic acid groups (broad SMARTS) is 1. The number of carbonyl (C=O) groups excluding carboxylic acids is 1. The third kappa shape index (κ3) is 5.38. The molecule has 0 spiro atoms. The Labute approximate surface area is 177 Å². The summed E-state index contributed by atoms with van der Waals surface area (Å²) in [7, 11) is 0. The molecule has 0 heterocycles. The molecule has 0 unspecified atom stereocenters. The molecule has 146 valence electrons. The van der Waals surface area contributed by atoms with Crippen LogP contribution in [0.5, 0.6) is 11.5 Å². The zero-order chi connectivity index (χ0) is 20.8. The smallest absolute Gasteiger partial charge is 0.352 e. The van der Waals surface area contributed by atoms with Crippen LogP contribution in [0.2, 0.25) is 10.0 Å². The molecule has 0 aromatic heterocycles. The van der Waals surface area contributed by atoms with Crippen molar-refractivity contribution in [3.05, 3.63) is 99.7 Å². The minimum absolute atomic E-state index is 0.245. The van der Waals surface area contributed by atoms with Gasteiger partial charge in [-0.15, -0.1) is 0 Å². The normalized spacial score (nSPS) is 11.0. The first-order chi connectivity index (χ1) is 13.9. The van der Waals surface area contributed by atoms with Crippen LogP contribution in [0.25, 0.3) is 6.08 Å². The van der Waals surface area contributed by atoms with Gasteiger partial charge in [0.2, 0.25) is 0 Å². The molecule has 1 amide bonds. The molecule has 29 heavy (non-hydrogen) atoms. The maximum absolute atomic E-state index is 12.2. The molecule has 2 N–H and O–H groups in total. The topological polar surface area (TPSA) is 75.6 Å². The van der Waals surface area contributed by atoms with E-state index in [2.05, 4.69) is 5.32 Å². The monoisotopic (exact) mass is 427 g/mol. The van der Waals surface area contributed by atoms with Crippen LogP contribution in [0.15, 0.2) is 78.5 Å². The maximum Gasteiger partial charge on any atom is 0.352 e. The van der Waals surface area contributed by atoms with Gasteiger partial charge in [-0.25, -0.2) is 4.79 Å². The van der Waals surface area contributed by atoms with E-state index in [1.807, 2.05) is 0 Å². The van der Waals surface area contributed by atoms with Crippen molar-refractivity contribution in [2.24, 2.45) is 0 Å². The van der Waals surface area contributed by atoms with E-state index in [0.717, 1.165) is 0 Å². The van der Waals surface area contributed by atoms with E-state index in [9.17, 15) is 14.7 Å². The molecule has 0 saturated heterocycles. The highest BCUT2D eigenvalue weighted by atomic mass is 35.5. The van der Waals surface area contributed by atoms with Gasteiger partial charge in [0.25, 0.3) is 5.91 Å². The zero-order valence-corrected chi connectivity index (χ0v) is 16.4. The molecule has 0 aliphatic heterocycles. The molecular weight excluding hydrogens is 413 g/mol. The summed E-state index contributed by atoms with van der Waals surface area (Å²) in [5.41, 5.74) is 0.688. The first-order valence-electron chi connectivity index (χ1n) is 8.47. The lowest BCUT2D eigenvalue weighted by Gasteiger charge is -2.09. The highest BCUT2D eigenvalue weighted by Crippen LogP contribution is 2.34. The summed E-state index contributed by atoms with van der Waals surface area (Å²) >= 11 is 12.1. The molecule has 0 radical (unpaired) electrons. The van der Waals surface area contributed by atoms with Crippen LogP contribution in [0.1, 0.15) is 15.9 Å². The van der Waals surface area contributed by atoms with Crippen LogP contribution in [0.3, 0.4) is 0 Å². The molecular formula is C22H15Cl2NO4. The Morgan fingerprint density at radius 1 is 0.897 bits per heavy atom. The standard InChI is InChI=1S/C22H15Cl2NO4/c23-17-7-4-8-19(20(17)24)29-16-11-9-14(10-12-16)13-18(22(27)28)25-21(26)15-5-2-1-3-6-15/h1-13H,(H,25,26)(H,27,28)/b18-13+. The van der Waals surface area contributed by atoms with E-state index in [0.29, 0.717) is 32.7 Å². The average Bonchev–Trinajstić information content (AvgIpc) is 2.72. The van der Waals surface area contributed by atoms with Crippen LogP contribution in [-0.4, -0.2) is 17.0 Å². The molecule has 3 rings (SSSR count). The lowest BCUT2D eigenvalue weighted by atomic mass is 10.1. The predicted octanol–water partition coefficient (Wildman–Crippen LogP) is 5.64. The van der Waals surface area contributed by atoms with Gasteiger partial charge >= 0.3 is 5.97 Å². The van der Waals surface area contributed by atoms with Crippen LogP contribution in [0, 0.1) is 0 Å². The van der Waals surface area contributed by atoms with Gasteiger partial charge in [-0.05, 0) is 48.0 Å². The quantitative estimate of drug-likeness (QED) is 0.498. The number of halogens is 2. The fourth-order valence-corrected chi connectivity index (χ4v) is 2.75. The van der Waals surface area contributed by atoms with Gasteiger partial charge in [0, 0.05) is 5.56 Å². The summed E-state index contributed by atoms with van der Waals surface area (Å²) in [6.45, 7) is 0.